The van der Waals surface area contributed by atoms with Crippen LogP contribution in [0.2, 0.25) is 0 Å². The summed E-state index contributed by atoms with van der Waals surface area (Å²) in [5, 5.41) is 9.59. The van der Waals surface area contributed by atoms with E-state index in [-0.39, 0.29) is 6.03 Å². The molecule has 8 heteroatoms. The van der Waals surface area contributed by atoms with E-state index in [1.165, 1.54) is 17.7 Å². The minimum atomic E-state index is -0.0624. The van der Waals surface area contributed by atoms with Crippen LogP contribution in [0.4, 0.5) is 9.93 Å². The number of thiazole rings is 1. The first-order chi connectivity index (χ1) is 10.2. The molecule has 2 aromatic heterocycles. The zero-order valence-corrected chi connectivity index (χ0v) is 12.7. The van der Waals surface area contributed by atoms with Crippen LogP contribution in [0, 0.1) is 12.8 Å². The molecule has 1 atom stereocenters. The summed E-state index contributed by atoms with van der Waals surface area (Å²) in [6.45, 7) is 4.27. The zero-order chi connectivity index (χ0) is 14.7. The molecule has 1 fully saturated rings. The van der Waals surface area contributed by atoms with Gasteiger partial charge in [0.25, 0.3) is 0 Å². The number of aromatic nitrogens is 4. The smallest absolute Gasteiger partial charge is 0.323 e. The van der Waals surface area contributed by atoms with Crippen LogP contribution >= 0.6 is 11.3 Å². The van der Waals surface area contributed by atoms with Crippen molar-refractivity contribution in [3.05, 3.63) is 23.7 Å². The van der Waals surface area contributed by atoms with Gasteiger partial charge in [0.1, 0.15) is 12.7 Å². The zero-order valence-electron chi connectivity index (χ0n) is 11.9. The summed E-state index contributed by atoms with van der Waals surface area (Å²) in [5.41, 5.74) is 0.929. The lowest BCUT2D eigenvalue weighted by Gasteiger charge is -2.32. The number of nitrogens with one attached hydrogen (secondary N) is 1. The summed E-state index contributed by atoms with van der Waals surface area (Å²) in [7, 11) is 0. The summed E-state index contributed by atoms with van der Waals surface area (Å²) < 4.78 is 1.83. The third-order valence-electron chi connectivity index (χ3n) is 3.55. The molecule has 7 nitrogen and oxygen atoms in total. The number of likely N-dealkylation sites (tertiary alicyclic amines) is 1. The Morgan fingerprint density at radius 2 is 2.48 bits per heavy atom. The first-order valence-corrected chi connectivity index (χ1v) is 7.89. The van der Waals surface area contributed by atoms with Crippen molar-refractivity contribution < 1.29 is 4.79 Å². The third kappa shape index (κ3) is 3.57. The SMILES string of the molecule is Cc1csc(NC(=O)N2CCC[C@@H](Cn3cncn3)C2)n1. The molecule has 0 saturated carbocycles. The van der Waals surface area contributed by atoms with Gasteiger partial charge >= 0.3 is 6.03 Å². The van der Waals surface area contributed by atoms with Gasteiger partial charge in [0.05, 0.1) is 5.69 Å². The molecule has 0 aliphatic carbocycles. The monoisotopic (exact) mass is 306 g/mol. The number of rotatable bonds is 3. The number of piperidine rings is 1. The topological polar surface area (TPSA) is 75.9 Å². The van der Waals surface area contributed by atoms with E-state index in [4.69, 9.17) is 0 Å². The summed E-state index contributed by atoms with van der Waals surface area (Å²) in [6, 6.07) is -0.0624. The molecule has 1 N–H and O–H groups in total. The van der Waals surface area contributed by atoms with E-state index < -0.39 is 0 Å². The normalized spacial score (nSPS) is 18.7. The number of urea groups is 1. The van der Waals surface area contributed by atoms with Gasteiger partial charge in [0.15, 0.2) is 5.13 Å². The highest BCUT2D eigenvalue weighted by atomic mass is 32.1. The van der Waals surface area contributed by atoms with Crippen LogP contribution in [0.15, 0.2) is 18.0 Å². The number of hydrogen-bond donors (Lipinski definition) is 1. The van der Waals surface area contributed by atoms with E-state index in [0.717, 1.165) is 38.2 Å². The maximum atomic E-state index is 12.3. The highest BCUT2D eigenvalue weighted by molar-refractivity contribution is 7.13. The van der Waals surface area contributed by atoms with Crippen molar-refractivity contribution in [2.24, 2.45) is 5.92 Å². The quantitative estimate of drug-likeness (QED) is 0.941. The molecule has 21 heavy (non-hydrogen) atoms. The van der Waals surface area contributed by atoms with E-state index in [1.807, 2.05) is 21.9 Å². The fourth-order valence-corrected chi connectivity index (χ4v) is 3.25. The molecule has 0 bridgehead atoms. The molecule has 1 aliphatic rings. The summed E-state index contributed by atoms with van der Waals surface area (Å²) in [4.78, 5) is 22.3. The van der Waals surface area contributed by atoms with Gasteiger partial charge in [0, 0.05) is 25.0 Å². The predicted octanol–water partition coefficient (Wildman–Crippen LogP) is 1.99. The molecule has 3 heterocycles. The highest BCUT2D eigenvalue weighted by Crippen LogP contribution is 2.20. The maximum Gasteiger partial charge on any atom is 0.323 e. The van der Waals surface area contributed by atoms with Crippen LogP contribution in [0.25, 0.3) is 0 Å². The maximum absolute atomic E-state index is 12.3. The van der Waals surface area contributed by atoms with Crippen molar-refractivity contribution in [3.63, 3.8) is 0 Å². The number of amides is 2. The van der Waals surface area contributed by atoms with Crippen molar-refractivity contribution in [1.29, 1.82) is 0 Å². The largest absolute Gasteiger partial charge is 0.324 e. The van der Waals surface area contributed by atoms with E-state index in [0.29, 0.717) is 11.0 Å². The number of carbonyl (C=O) groups is 1. The third-order valence-corrected chi connectivity index (χ3v) is 4.43. The summed E-state index contributed by atoms with van der Waals surface area (Å²) in [6.07, 6.45) is 5.39. The van der Waals surface area contributed by atoms with Crippen molar-refractivity contribution in [2.45, 2.75) is 26.3 Å². The predicted molar refractivity (Wildman–Crippen MR) is 80.2 cm³/mol. The van der Waals surface area contributed by atoms with Gasteiger partial charge in [-0.15, -0.1) is 11.3 Å². The van der Waals surface area contributed by atoms with Crippen LogP contribution in [0.1, 0.15) is 18.5 Å². The van der Waals surface area contributed by atoms with Gasteiger partial charge < -0.3 is 4.90 Å². The van der Waals surface area contributed by atoms with Gasteiger partial charge in [-0.1, -0.05) is 0 Å². The Bertz CT molecular complexity index is 596. The Labute approximate surface area is 127 Å². The fourth-order valence-electron chi connectivity index (χ4n) is 2.57. The average molecular weight is 306 g/mol. The Morgan fingerprint density at radius 1 is 1.57 bits per heavy atom. The minimum absolute atomic E-state index is 0.0624. The molecule has 0 unspecified atom stereocenters. The molecule has 0 aromatic carbocycles. The number of aryl methyl sites for hydroxylation is 1. The van der Waals surface area contributed by atoms with Crippen LogP contribution in [-0.4, -0.2) is 43.8 Å². The van der Waals surface area contributed by atoms with Crippen molar-refractivity contribution in [1.82, 2.24) is 24.6 Å². The number of anilines is 1. The van der Waals surface area contributed by atoms with Gasteiger partial charge in [-0.25, -0.2) is 14.8 Å². The molecule has 112 valence electrons. The second-order valence-electron chi connectivity index (χ2n) is 5.30. The standard InChI is InChI=1S/C13H18N6OS/c1-10-7-21-12(16-10)17-13(20)18-4-2-3-11(5-18)6-19-9-14-8-15-19/h7-9,11H,2-6H2,1H3,(H,16,17,20)/t11-/m1/s1. The molecule has 0 spiro atoms. The number of carbonyl (C=O) groups excluding carboxylic acids is 1. The number of nitrogens with zero attached hydrogens (tertiary/aromatic N) is 5. The molecule has 2 aromatic rings. The first-order valence-electron chi connectivity index (χ1n) is 7.01. The lowest BCUT2D eigenvalue weighted by Crippen LogP contribution is -2.43. The van der Waals surface area contributed by atoms with Crippen LogP contribution in [-0.2, 0) is 6.54 Å². The first kappa shape index (κ1) is 14.0. The van der Waals surface area contributed by atoms with E-state index in [9.17, 15) is 4.79 Å². The highest BCUT2D eigenvalue weighted by Gasteiger charge is 2.24. The van der Waals surface area contributed by atoms with Crippen LogP contribution in [0.3, 0.4) is 0 Å². The van der Waals surface area contributed by atoms with Crippen molar-refractivity contribution in [2.75, 3.05) is 18.4 Å². The lowest BCUT2D eigenvalue weighted by atomic mass is 9.98. The Balaban J connectivity index is 1.56. The van der Waals surface area contributed by atoms with Crippen LogP contribution < -0.4 is 5.32 Å². The second-order valence-corrected chi connectivity index (χ2v) is 6.15. The molecule has 1 saturated heterocycles. The van der Waals surface area contributed by atoms with Crippen molar-refractivity contribution >= 4 is 22.5 Å². The molecule has 1 aliphatic heterocycles. The molecule has 3 rings (SSSR count). The fraction of sp³-hybridized carbons (Fsp3) is 0.538. The molecular formula is C13H18N6OS. The Kier molecular flexibility index (Phi) is 4.14. The second kappa shape index (κ2) is 6.21. The van der Waals surface area contributed by atoms with Gasteiger partial charge in [-0.3, -0.25) is 10.00 Å². The molecular weight excluding hydrogens is 288 g/mol. The Hall–Kier alpha value is -1.96. The molecule has 0 radical (unpaired) electrons. The van der Waals surface area contributed by atoms with Gasteiger partial charge in [0.2, 0.25) is 0 Å². The van der Waals surface area contributed by atoms with Gasteiger partial charge in [-0.2, -0.15) is 5.10 Å². The lowest BCUT2D eigenvalue weighted by molar-refractivity contribution is 0.168. The number of hydrogen-bond acceptors (Lipinski definition) is 5. The van der Waals surface area contributed by atoms with Crippen LogP contribution in [0.5, 0.6) is 0 Å². The summed E-state index contributed by atoms with van der Waals surface area (Å²) >= 11 is 1.45. The van der Waals surface area contributed by atoms with Crippen molar-refractivity contribution in [3.8, 4) is 0 Å². The minimum Gasteiger partial charge on any atom is -0.324 e. The van der Waals surface area contributed by atoms with E-state index in [2.05, 4.69) is 20.4 Å². The van der Waals surface area contributed by atoms with E-state index in [1.54, 1.807) is 6.33 Å². The average Bonchev–Trinajstić information content (AvgIpc) is 3.11. The molecule has 2 amide bonds. The van der Waals surface area contributed by atoms with Gasteiger partial charge in [-0.05, 0) is 25.7 Å². The van der Waals surface area contributed by atoms with E-state index >= 15 is 0 Å². The Morgan fingerprint density at radius 3 is 3.19 bits per heavy atom. The summed E-state index contributed by atoms with van der Waals surface area (Å²) in [5.74, 6) is 0.421.